The van der Waals surface area contributed by atoms with Crippen molar-refractivity contribution >= 4 is 11.6 Å². The summed E-state index contributed by atoms with van der Waals surface area (Å²) >= 11 is 6.00. The van der Waals surface area contributed by atoms with Crippen LogP contribution in [0, 0.1) is 5.92 Å². The highest BCUT2D eigenvalue weighted by Gasteiger charge is 2.18. The summed E-state index contributed by atoms with van der Waals surface area (Å²) in [6.07, 6.45) is 8.46. The zero-order chi connectivity index (χ0) is 12.8. The third kappa shape index (κ3) is 4.29. The van der Waals surface area contributed by atoms with Crippen molar-refractivity contribution in [3.63, 3.8) is 0 Å². The molecule has 0 saturated heterocycles. The second-order valence-corrected chi connectivity index (χ2v) is 5.99. The molecule has 0 radical (unpaired) electrons. The molecule has 0 bridgehead atoms. The molecule has 1 fully saturated rings. The molecule has 1 atom stereocenters. The lowest BCUT2D eigenvalue weighted by Crippen LogP contribution is -2.32. The highest BCUT2D eigenvalue weighted by molar-refractivity contribution is 6.30. The van der Waals surface area contributed by atoms with Gasteiger partial charge in [-0.2, -0.15) is 0 Å². The fraction of sp³-hybridized carbons (Fsp3) is 0.625. The molecule has 0 heterocycles. The molecule has 0 amide bonds. The Labute approximate surface area is 116 Å². The summed E-state index contributed by atoms with van der Waals surface area (Å²) in [5.41, 5.74) is 1.28. The Bertz CT molecular complexity index is 356. The number of halogens is 1. The van der Waals surface area contributed by atoms with Crippen LogP contribution in [0.1, 0.15) is 51.0 Å². The van der Waals surface area contributed by atoms with Gasteiger partial charge >= 0.3 is 0 Å². The molecule has 0 spiro atoms. The van der Waals surface area contributed by atoms with Crippen LogP contribution < -0.4 is 5.32 Å². The summed E-state index contributed by atoms with van der Waals surface area (Å²) in [5, 5.41) is 4.49. The van der Waals surface area contributed by atoms with Gasteiger partial charge < -0.3 is 5.32 Å². The van der Waals surface area contributed by atoms with Crippen molar-refractivity contribution < 1.29 is 0 Å². The third-order valence-corrected chi connectivity index (χ3v) is 4.36. The van der Waals surface area contributed by atoms with E-state index in [9.17, 15) is 0 Å². The predicted molar refractivity (Wildman–Crippen MR) is 78.9 cm³/mol. The molecule has 1 aliphatic carbocycles. The van der Waals surface area contributed by atoms with E-state index in [1.165, 1.54) is 44.1 Å². The number of hydrogen-bond donors (Lipinski definition) is 1. The molecule has 18 heavy (non-hydrogen) atoms. The predicted octanol–water partition coefficient (Wildman–Crippen LogP) is 4.79. The van der Waals surface area contributed by atoms with E-state index >= 15 is 0 Å². The van der Waals surface area contributed by atoms with E-state index in [1.807, 2.05) is 18.2 Å². The Morgan fingerprint density at radius 2 is 1.94 bits per heavy atom. The van der Waals surface area contributed by atoms with Crippen LogP contribution in [0.4, 0.5) is 0 Å². The van der Waals surface area contributed by atoms with Gasteiger partial charge in [-0.1, -0.05) is 49.4 Å². The standard InChI is InChI=1S/C16H24ClN/c1-13(15-8-4-2-3-5-9-15)18-12-14-7-6-10-16(17)11-14/h6-7,10-11,13,15,18H,2-5,8-9,12H2,1H3/t13-/m0/s1. The van der Waals surface area contributed by atoms with Crippen LogP contribution in [0.2, 0.25) is 5.02 Å². The minimum absolute atomic E-state index is 0.613. The van der Waals surface area contributed by atoms with Crippen LogP contribution in [0.3, 0.4) is 0 Å². The summed E-state index contributed by atoms with van der Waals surface area (Å²) in [4.78, 5) is 0. The third-order valence-electron chi connectivity index (χ3n) is 4.12. The fourth-order valence-electron chi connectivity index (χ4n) is 2.90. The van der Waals surface area contributed by atoms with Gasteiger partial charge in [-0.3, -0.25) is 0 Å². The molecule has 2 heteroatoms. The van der Waals surface area contributed by atoms with Crippen LogP contribution >= 0.6 is 11.6 Å². The summed E-state index contributed by atoms with van der Waals surface area (Å²) in [7, 11) is 0. The quantitative estimate of drug-likeness (QED) is 0.772. The van der Waals surface area contributed by atoms with Gasteiger partial charge in [-0.25, -0.2) is 0 Å². The van der Waals surface area contributed by atoms with E-state index in [2.05, 4.69) is 18.3 Å². The largest absolute Gasteiger partial charge is 0.310 e. The molecule has 1 aliphatic rings. The molecule has 1 aromatic rings. The van der Waals surface area contributed by atoms with Crippen molar-refractivity contribution in [1.82, 2.24) is 5.32 Å². The normalized spacial score (nSPS) is 19.4. The lowest BCUT2D eigenvalue weighted by Gasteiger charge is -2.23. The van der Waals surface area contributed by atoms with Gasteiger partial charge in [-0.05, 0) is 43.4 Å². The van der Waals surface area contributed by atoms with Crippen LogP contribution in [0.5, 0.6) is 0 Å². The minimum atomic E-state index is 0.613. The van der Waals surface area contributed by atoms with Crippen LogP contribution in [0.15, 0.2) is 24.3 Å². The molecule has 1 aromatic carbocycles. The molecule has 100 valence electrons. The maximum atomic E-state index is 6.00. The van der Waals surface area contributed by atoms with Gasteiger partial charge in [0.2, 0.25) is 0 Å². The molecule has 0 aromatic heterocycles. The molecule has 1 saturated carbocycles. The smallest absolute Gasteiger partial charge is 0.0409 e. The van der Waals surface area contributed by atoms with Crippen molar-refractivity contribution in [2.75, 3.05) is 0 Å². The summed E-state index contributed by atoms with van der Waals surface area (Å²) < 4.78 is 0. The van der Waals surface area contributed by atoms with Gasteiger partial charge in [-0.15, -0.1) is 0 Å². The summed E-state index contributed by atoms with van der Waals surface area (Å²) in [6.45, 7) is 3.26. The van der Waals surface area contributed by atoms with E-state index in [0.29, 0.717) is 6.04 Å². The van der Waals surface area contributed by atoms with Crippen LogP contribution in [-0.2, 0) is 6.54 Å². The topological polar surface area (TPSA) is 12.0 Å². The maximum absolute atomic E-state index is 6.00. The molecule has 1 nitrogen and oxygen atoms in total. The lowest BCUT2D eigenvalue weighted by molar-refractivity contribution is 0.336. The first-order valence-electron chi connectivity index (χ1n) is 7.23. The second kappa shape index (κ2) is 7.16. The van der Waals surface area contributed by atoms with E-state index < -0.39 is 0 Å². The Hall–Kier alpha value is -0.530. The first-order chi connectivity index (χ1) is 8.75. The zero-order valence-corrected chi connectivity index (χ0v) is 12.0. The Kier molecular flexibility index (Phi) is 5.52. The Morgan fingerprint density at radius 3 is 2.61 bits per heavy atom. The Morgan fingerprint density at radius 1 is 1.22 bits per heavy atom. The molecule has 0 aliphatic heterocycles. The average molecular weight is 266 g/mol. The van der Waals surface area contributed by atoms with Gasteiger partial charge in [0.05, 0.1) is 0 Å². The number of nitrogens with one attached hydrogen (secondary N) is 1. The van der Waals surface area contributed by atoms with E-state index in [0.717, 1.165) is 17.5 Å². The van der Waals surface area contributed by atoms with E-state index in [-0.39, 0.29) is 0 Å². The van der Waals surface area contributed by atoms with E-state index in [1.54, 1.807) is 0 Å². The molecule has 0 unspecified atom stereocenters. The lowest BCUT2D eigenvalue weighted by atomic mass is 9.93. The SMILES string of the molecule is C[C@H](NCc1cccc(Cl)c1)C1CCCCCC1. The van der Waals surface area contributed by atoms with E-state index in [4.69, 9.17) is 11.6 Å². The monoisotopic (exact) mass is 265 g/mol. The molecular formula is C16H24ClN. The van der Waals surface area contributed by atoms with Crippen molar-refractivity contribution in [3.8, 4) is 0 Å². The molecule has 2 rings (SSSR count). The first-order valence-corrected chi connectivity index (χ1v) is 7.61. The fourth-order valence-corrected chi connectivity index (χ4v) is 3.12. The summed E-state index contributed by atoms with van der Waals surface area (Å²) in [5.74, 6) is 0.853. The van der Waals surface area contributed by atoms with Gasteiger partial charge in [0.25, 0.3) is 0 Å². The van der Waals surface area contributed by atoms with Gasteiger partial charge in [0, 0.05) is 17.6 Å². The number of benzene rings is 1. The van der Waals surface area contributed by atoms with Crippen LogP contribution in [-0.4, -0.2) is 6.04 Å². The van der Waals surface area contributed by atoms with Crippen molar-refractivity contribution in [1.29, 1.82) is 0 Å². The van der Waals surface area contributed by atoms with Crippen molar-refractivity contribution in [2.45, 2.75) is 58.0 Å². The van der Waals surface area contributed by atoms with Crippen molar-refractivity contribution in [3.05, 3.63) is 34.9 Å². The maximum Gasteiger partial charge on any atom is 0.0409 e. The Balaban J connectivity index is 1.81. The van der Waals surface area contributed by atoms with Crippen molar-refractivity contribution in [2.24, 2.45) is 5.92 Å². The number of hydrogen-bond acceptors (Lipinski definition) is 1. The molecule has 1 N–H and O–H groups in total. The zero-order valence-electron chi connectivity index (χ0n) is 11.3. The van der Waals surface area contributed by atoms with Crippen LogP contribution in [0.25, 0.3) is 0 Å². The van der Waals surface area contributed by atoms with Gasteiger partial charge in [0.15, 0.2) is 0 Å². The summed E-state index contributed by atoms with van der Waals surface area (Å²) in [6, 6.07) is 8.75. The highest BCUT2D eigenvalue weighted by atomic mass is 35.5. The minimum Gasteiger partial charge on any atom is -0.310 e. The highest BCUT2D eigenvalue weighted by Crippen LogP contribution is 2.25. The second-order valence-electron chi connectivity index (χ2n) is 5.55. The average Bonchev–Trinajstić information content (AvgIpc) is 2.65. The van der Waals surface area contributed by atoms with Gasteiger partial charge in [0.1, 0.15) is 0 Å². The first kappa shape index (κ1) is 13.9. The number of rotatable bonds is 4. The molecular weight excluding hydrogens is 242 g/mol.